The number of fused-ring (bicyclic) bond motifs is 3. The molecule has 3 aliphatic rings. The van der Waals surface area contributed by atoms with Crippen molar-refractivity contribution in [2.24, 2.45) is 5.92 Å². The fourth-order valence-corrected chi connectivity index (χ4v) is 3.95. The van der Waals surface area contributed by atoms with Gasteiger partial charge in [-0.3, -0.25) is 9.69 Å². The Bertz CT molecular complexity index is 637. The first-order valence-corrected chi connectivity index (χ1v) is 10.5. The number of quaternary nitrogens is 1. The van der Waals surface area contributed by atoms with Crippen molar-refractivity contribution in [3.8, 4) is 0 Å². The number of esters is 3. The first-order valence-electron chi connectivity index (χ1n) is 10.5. The van der Waals surface area contributed by atoms with Gasteiger partial charge in [-0.1, -0.05) is 20.1 Å². The first kappa shape index (κ1) is 24.1. The lowest BCUT2D eigenvalue weighted by Crippen LogP contribution is -2.68. The van der Waals surface area contributed by atoms with Gasteiger partial charge in [0.25, 0.3) is 0 Å². The number of rotatable bonds is 11. The van der Waals surface area contributed by atoms with Crippen molar-refractivity contribution < 1.29 is 33.1 Å². The molecule has 3 rings (SSSR count). The van der Waals surface area contributed by atoms with E-state index in [-0.39, 0.29) is 42.7 Å². The van der Waals surface area contributed by atoms with Crippen LogP contribution in [0.2, 0.25) is 0 Å². The molecular weight excluding hydrogens is 388 g/mol. The van der Waals surface area contributed by atoms with Crippen molar-refractivity contribution in [2.45, 2.75) is 33.3 Å². The molecule has 0 amide bonds. The molecule has 0 aliphatic carbocycles. The Morgan fingerprint density at radius 3 is 1.83 bits per heavy atom. The van der Waals surface area contributed by atoms with E-state index in [1.54, 1.807) is 0 Å². The smallest absolute Gasteiger partial charge is 0.333 e. The van der Waals surface area contributed by atoms with E-state index < -0.39 is 18.0 Å². The molecule has 8 nitrogen and oxygen atoms in total. The van der Waals surface area contributed by atoms with Crippen molar-refractivity contribution in [2.75, 3.05) is 59.0 Å². The first-order chi connectivity index (χ1) is 14.1. The molecule has 8 heteroatoms. The quantitative estimate of drug-likeness (QED) is 0.214. The molecule has 3 fully saturated rings. The lowest BCUT2D eigenvalue weighted by atomic mass is 10.0. The number of piperazine rings is 3. The zero-order chi connectivity index (χ0) is 22.3. The zero-order valence-corrected chi connectivity index (χ0v) is 18.5. The molecule has 1 atom stereocenters. The highest BCUT2D eigenvalue weighted by Crippen LogP contribution is 2.23. The van der Waals surface area contributed by atoms with E-state index in [4.69, 9.17) is 14.2 Å². The van der Waals surface area contributed by atoms with Crippen LogP contribution in [0.3, 0.4) is 0 Å². The van der Waals surface area contributed by atoms with Gasteiger partial charge in [-0.15, -0.1) is 0 Å². The summed E-state index contributed by atoms with van der Waals surface area (Å²) in [6.45, 7) is 19.5. The van der Waals surface area contributed by atoms with E-state index >= 15 is 0 Å². The van der Waals surface area contributed by atoms with Gasteiger partial charge in [-0.05, 0) is 13.8 Å². The van der Waals surface area contributed by atoms with Gasteiger partial charge in [0.2, 0.25) is 0 Å². The van der Waals surface area contributed by atoms with Crippen LogP contribution in [0.25, 0.3) is 0 Å². The molecule has 0 aromatic carbocycles. The predicted molar refractivity (Wildman–Crippen MR) is 111 cm³/mol. The molecule has 0 aromatic rings. The maximum absolute atomic E-state index is 12.5. The molecular formula is C22H35N2O6+. The highest BCUT2D eigenvalue weighted by Gasteiger charge is 2.39. The molecule has 0 aromatic heterocycles. The minimum absolute atomic E-state index is 0.165. The molecule has 30 heavy (non-hydrogen) atoms. The number of ether oxygens (including phenoxy) is 3. The van der Waals surface area contributed by atoms with Gasteiger partial charge in [0.15, 0.2) is 6.10 Å². The second-order valence-electron chi connectivity index (χ2n) is 8.72. The Morgan fingerprint density at radius 1 is 0.933 bits per heavy atom. The summed E-state index contributed by atoms with van der Waals surface area (Å²) >= 11 is 0. The topological polar surface area (TPSA) is 82.1 Å². The van der Waals surface area contributed by atoms with E-state index in [0.29, 0.717) is 0 Å². The highest BCUT2D eigenvalue weighted by atomic mass is 16.6. The van der Waals surface area contributed by atoms with Crippen LogP contribution in [0.4, 0.5) is 0 Å². The summed E-state index contributed by atoms with van der Waals surface area (Å²) in [5.74, 6) is -1.40. The van der Waals surface area contributed by atoms with Gasteiger partial charge in [0.05, 0.1) is 32.6 Å². The molecule has 0 radical (unpaired) electrons. The Labute approximate surface area is 179 Å². The van der Waals surface area contributed by atoms with Gasteiger partial charge >= 0.3 is 17.9 Å². The summed E-state index contributed by atoms with van der Waals surface area (Å²) in [7, 11) is 0. The SMILES string of the molecule is C=C(C)C(=O)OCC(COC(=O)C(=C)C)OC(=O)CC(C)C[N+]12CCN(CC1)CC2. The average molecular weight is 424 g/mol. The van der Waals surface area contributed by atoms with E-state index in [1.165, 1.54) is 13.8 Å². The van der Waals surface area contributed by atoms with Crippen molar-refractivity contribution >= 4 is 17.9 Å². The third kappa shape index (κ3) is 7.25. The second kappa shape index (κ2) is 10.7. The largest absolute Gasteiger partial charge is 0.458 e. The Kier molecular flexibility index (Phi) is 8.61. The zero-order valence-electron chi connectivity index (χ0n) is 18.5. The van der Waals surface area contributed by atoms with Gasteiger partial charge < -0.3 is 18.7 Å². The minimum atomic E-state index is -0.873. The van der Waals surface area contributed by atoms with Crippen LogP contribution >= 0.6 is 0 Å². The molecule has 0 saturated carbocycles. The summed E-state index contributed by atoms with van der Waals surface area (Å²) in [6, 6.07) is 0. The highest BCUT2D eigenvalue weighted by molar-refractivity contribution is 5.87. The standard InChI is InChI=1S/C22H35N2O6/c1-16(2)21(26)28-14-19(15-29-22(27)17(3)4)30-20(25)12-18(5)13-24-9-6-23(7-10-24)8-11-24/h18-19H,1,3,6-15H2,2,4-5H3/q+1. The molecule has 0 spiro atoms. The number of carbonyl (C=O) groups is 3. The Hall–Kier alpha value is -2.19. The number of hydrogen-bond donors (Lipinski definition) is 0. The van der Waals surface area contributed by atoms with Crippen LogP contribution in [-0.4, -0.2) is 92.4 Å². The van der Waals surface area contributed by atoms with Gasteiger partial charge in [0.1, 0.15) is 13.2 Å². The van der Waals surface area contributed by atoms with Crippen molar-refractivity contribution in [1.29, 1.82) is 0 Å². The van der Waals surface area contributed by atoms with E-state index in [1.807, 2.05) is 0 Å². The predicted octanol–water partition coefficient (Wildman–Crippen LogP) is 1.31. The van der Waals surface area contributed by atoms with Crippen LogP contribution in [-0.2, 0) is 28.6 Å². The third-order valence-corrected chi connectivity index (χ3v) is 5.68. The van der Waals surface area contributed by atoms with E-state index in [2.05, 4.69) is 25.0 Å². The summed E-state index contributed by atoms with van der Waals surface area (Å²) in [5.41, 5.74) is 0.478. The maximum atomic E-state index is 12.5. The van der Waals surface area contributed by atoms with Crippen molar-refractivity contribution in [3.05, 3.63) is 24.3 Å². The Morgan fingerprint density at radius 2 is 1.40 bits per heavy atom. The summed E-state index contributed by atoms with van der Waals surface area (Å²) in [5, 5.41) is 0. The summed E-state index contributed by atoms with van der Waals surface area (Å²) < 4.78 is 16.7. The van der Waals surface area contributed by atoms with Crippen LogP contribution < -0.4 is 0 Å². The molecule has 3 heterocycles. The van der Waals surface area contributed by atoms with Crippen LogP contribution in [0.15, 0.2) is 24.3 Å². The lowest BCUT2D eigenvalue weighted by molar-refractivity contribution is -0.943. The molecule has 3 saturated heterocycles. The van der Waals surface area contributed by atoms with E-state index in [9.17, 15) is 14.4 Å². The number of hydrogen-bond acceptors (Lipinski definition) is 7. The van der Waals surface area contributed by atoms with Crippen LogP contribution in [0.5, 0.6) is 0 Å². The molecule has 1 unspecified atom stereocenters. The molecule has 3 aliphatic heterocycles. The van der Waals surface area contributed by atoms with Gasteiger partial charge in [-0.25, -0.2) is 9.59 Å². The second-order valence-corrected chi connectivity index (χ2v) is 8.72. The third-order valence-electron chi connectivity index (χ3n) is 5.68. The monoisotopic (exact) mass is 423 g/mol. The van der Waals surface area contributed by atoms with Gasteiger partial charge in [0, 0.05) is 36.7 Å². The van der Waals surface area contributed by atoms with E-state index in [0.717, 1.165) is 50.3 Å². The molecule has 2 bridgehead atoms. The lowest BCUT2D eigenvalue weighted by Gasteiger charge is -2.51. The fraction of sp³-hybridized carbons (Fsp3) is 0.682. The normalized spacial score (nSPS) is 23.5. The number of nitrogens with zero attached hydrogens (tertiary/aromatic N) is 2. The van der Waals surface area contributed by atoms with Crippen LogP contribution in [0.1, 0.15) is 27.2 Å². The van der Waals surface area contributed by atoms with Crippen molar-refractivity contribution in [3.63, 3.8) is 0 Å². The maximum Gasteiger partial charge on any atom is 0.333 e. The number of carbonyl (C=O) groups excluding carboxylic acids is 3. The molecule has 0 N–H and O–H groups in total. The Balaban J connectivity index is 1.86. The molecule has 168 valence electrons. The summed E-state index contributed by atoms with van der Waals surface area (Å²) in [6.07, 6.45) is -0.606. The van der Waals surface area contributed by atoms with Crippen LogP contribution in [0, 0.1) is 5.92 Å². The minimum Gasteiger partial charge on any atom is -0.458 e. The summed E-state index contributed by atoms with van der Waals surface area (Å²) in [4.78, 5) is 38.3. The van der Waals surface area contributed by atoms with Gasteiger partial charge in [-0.2, -0.15) is 0 Å². The fourth-order valence-electron chi connectivity index (χ4n) is 3.95. The average Bonchev–Trinajstić information content (AvgIpc) is 2.69. The van der Waals surface area contributed by atoms with Crippen molar-refractivity contribution in [1.82, 2.24) is 4.90 Å².